The van der Waals surface area contributed by atoms with E-state index in [0.717, 1.165) is 43.2 Å². The zero-order valence-corrected chi connectivity index (χ0v) is 16.4. The number of hydrogen-bond acceptors (Lipinski definition) is 4. The minimum atomic E-state index is -0.507. The highest BCUT2D eigenvalue weighted by atomic mass is 35.5. The average Bonchev–Trinajstić information content (AvgIpc) is 2.67. The van der Waals surface area contributed by atoms with Crippen molar-refractivity contribution in [3.8, 4) is 5.75 Å². The predicted octanol–water partition coefficient (Wildman–Crippen LogP) is 2.18. The van der Waals surface area contributed by atoms with Gasteiger partial charge < -0.3 is 10.1 Å². The van der Waals surface area contributed by atoms with Crippen molar-refractivity contribution in [3.05, 3.63) is 28.3 Å². The molecule has 1 aromatic carbocycles. The maximum atomic E-state index is 12.0. The van der Waals surface area contributed by atoms with Gasteiger partial charge in [-0.25, -0.2) is 0 Å². The molecule has 0 aromatic heterocycles. The van der Waals surface area contributed by atoms with Gasteiger partial charge in [0.15, 0.2) is 6.61 Å². The van der Waals surface area contributed by atoms with E-state index < -0.39 is 11.8 Å². The van der Waals surface area contributed by atoms with Crippen LogP contribution >= 0.6 is 11.6 Å². The van der Waals surface area contributed by atoms with E-state index in [2.05, 4.69) is 16.2 Å². The summed E-state index contributed by atoms with van der Waals surface area (Å²) in [6, 6.07) is 3.48. The monoisotopic (exact) mass is 395 g/mol. The lowest BCUT2D eigenvalue weighted by Gasteiger charge is -2.20. The van der Waals surface area contributed by atoms with Crippen LogP contribution in [0.4, 0.5) is 0 Å². The summed E-state index contributed by atoms with van der Waals surface area (Å²) in [5.74, 6) is -0.595. The molecule has 7 nitrogen and oxygen atoms in total. The molecule has 0 unspecified atom stereocenters. The molecular formula is C19H26ClN3O4. The lowest BCUT2D eigenvalue weighted by atomic mass is 9.89. The van der Waals surface area contributed by atoms with Crippen LogP contribution in [0.25, 0.3) is 0 Å². The molecule has 2 rings (SSSR count). The van der Waals surface area contributed by atoms with Gasteiger partial charge in [-0.15, -0.1) is 0 Å². The first-order valence-electron chi connectivity index (χ1n) is 9.11. The predicted molar refractivity (Wildman–Crippen MR) is 102 cm³/mol. The highest BCUT2D eigenvalue weighted by Gasteiger charge is 2.21. The van der Waals surface area contributed by atoms with Crippen LogP contribution in [0, 0.1) is 19.8 Å². The smallest absolute Gasteiger partial charge is 0.276 e. The van der Waals surface area contributed by atoms with Gasteiger partial charge in [0.05, 0.1) is 6.54 Å². The number of ether oxygens (including phenoxy) is 1. The van der Waals surface area contributed by atoms with Crippen LogP contribution in [-0.4, -0.2) is 30.9 Å². The van der Waals surface area contributed by atoms with Crippen molar-refractivity contribution in [2.75, 3.05) is 13.2 Å². The number of rotatable bonds is 6. The molecule has 3 N–H and O–H groups in total. The third-order valence-corrected chi connectivity index (χ3v) is 5.12. The number of amides is 3. The third-order valence-electron chi connectivity index (χ3n) is 4.52. The molecule has 0 atom stereocenters. The zero-order chi connectivity index (χ0) is 19.8. The highest BCUT2D eigenvalue weighted by Crippen LogP contribution is 2.25. The largest absolute Gasteiger partial charge is 0.484 e. The van der Waals surface area contributed by atoms with E-state index in [4.69, 9.17) is 16.3 Å². The standard InChI is InChI=1S/C19H26ClN3O4/c1-12-8-15(9-13(2)18(12)20)27-11-17(25)23-22-16(24)10-21-19(26)14-6-4-3-5-7-14/h8-9,14H,3-7,10-11H2,1-2H3,(H,21,26)(H,22,24)(H,23,25). The van der Waals surface area contributed by atoms with Gasteiger partial charge in [-0.05, 0) is 49.9 Å². The van der Waals surface area contributed by atoms with Crippen molar-refractivity contribution in [1.82, 2.24) is 16.2 Å². The Kier molecular flexibility index (Phi) is 7.91. The fraction of sp³-hybridized carbons (Fsp3) is 0.526. The Bertz CT molecular complexity index is 679. The number of hydrazine groups is 1. The van der Waals surface area contributed by atoms with Crippen LogP contribution in [0.15, 0.2) is 12.1 Å². The maximum absolute atomic E-state index is 12.0. The molecular weight excluding hydrogens is 370 g/mol. The molecule has 0 bridgehead atoms. The Morgan fingerprint density at radius 1 is 1.04 bits per heavy atom. The van der Waals surface area contributed by atoms with E-state index in [0.29, 0.717) is 10.8 Å². The van der Waals surface area contributed by atoms with Crippen LogP contribution in [0.1, 0.15) is 43.2 Å². The third kappa shape index (κ3) is 6.75. The molecule has 1 aliphatic carbocycles. The summed E-state index contributed by atoms with van der Waals surface area (Å²) < 4.78 is 5.40. The van der Waals surface area contributed by atoms with Crippen LogP contribution in [0.5, 0.6) is 5.75 Å². The normalized spacial score (nSPS) is 14.3. The first-order chi connectivity index (χ1) is 12.9. The number of hydrogen-bond donors (Lipinski definition) is 3. The molecule has 27 heavy (non-hydrogen) atoms. The van der Waals surface area contributed by atoms with Gasteiger partial charge >= 0.3 is 0 Å². The summed E-state index contributed by atoms with van der Waals surface area (Å²) in [4.78, 5) is 35.5. The minimum Gasteiger partial charge on any atom is -0.484 e. The molecule has 1 fully saturated rings. The van der Waals surface area contributed by atoms with E-state index in [-0.39, 0.29) is 25.0 Å². The summed E-state index contributed by atoms with van der Waals surface area (Å²) in [6.07, 6.45) is 4.99. The molecule has 3 amide bonds. The number of halogens is 1. The Morgan fingerprint density at radius 3 is 2.26 bits per heavy atom. The Hall–Kier alpha value is -2.28. The van der Waals surface area contributed by atoms with Crippen molar-refractivity contribution in [2.24, 2.45) is 5.92 Å². The van der Waals surface area contributed by atoms with E-state index in [1.54, 1.807) is 12.1 Å². The van der Waals surface area contributed by atoms with Gasteiger partial charge in [-0.3, -0.25) is 25.2 Å². The van der Waals surface area contributed by atoms with Crippen LogP contribution in [0.3, 0.4) is 0 Å². The maximum Gasteiger partial charge on any atom is 0.276 e. The summed E-state index contributed by atoms with van der Waals surface area (Å²) in [7, 11) is 0. The van der Waals surface area contributed by atoms with E-state index in [1.165, 1.54) is 0 Å². The molecule has 0 spiro atoms. The topological polar surface area (TPSA) is 96.5 Å². The molecule has 0 heterocycles. The lowest BCUT2D eigenvalue weighted by Crippen LogP contribution is -2.48. The van der Waals surface area contributed by atoms with Crippen molar-refractivity contribution in [2.45, 2.75) is 46.0 Å². The van der Waals surface area contributed by atoms with Crippen molar-refractivity contribution < 1.29 is 19.1 Å². The SMILES string of the molecule is Cc1cc(OCC(=O)NNC(=O)CNC(=O)C2CCCCC2)cc(C)c1Cl. The van der Waals surface area contributed by atoms with Gasteiger partial charge in [0.2, 0.25) is 5.91 Å². The number of nitrogens with one attached hydrogen (secondary N) is 3. The van der Waals surface area contributed by atoms with Crippen molar-refractivity contribution in [3.63, 3.8) is 0 Å². The quantitative estimate of drug-likeness (QED) is 0.643. The van der Waals surface area contributed by atoms with Gasteiger partial charge in [0, 0.05) is 10.9 Å². The molecule has 148 valence electrons. The van der Waals surface area contributed by atoms with Crippen molar-refractivity contribution >= 4 is 29.3 Å². The van der Waals surface area contributed by atoms with Gasteiger partial charge in [0.25, 0.3) is 11.8 Å². The molecule has 0 aliphatic heterocycles. The first-order valence-corrected chi connectivity index (χ1v) is 9.49. The average molecular weight is 396 g/mol. The summed E-state index contributed by atoms with van der Waals surface area (Å²) in [5, 5.41) is 3.27. The highest BCUT2D eigenvalue weighted by molar-refractivity contribution is 6.32. The number of aryl methyl sites for hydroxylation is 2. The summed E-state index contributed by atoms with van der Waals surface area (Å²) >= 11 is 6.09. The zero-order valence-electron chi connectivity index (χ0n) is 15.7. The molecule has 8 heteroatoms. The van der Waals surface area contributed by atoms with Gasteiger partial charge in [0.1, 0.15) is 5.75 Å². The second kappa shape index (κ2) is 10.2. The van der Waals surface area contributed by atoms with Gasteiger partial charge in [-0.2, -0.15) is 0 Å². The number of benzene rings is 1. The summed E-state index contributed by atoms with van der Waals surface area (Å²) in [6.45, 7) is 3.27. The first kappa shape index (κ1) is 21.0. The molecule has 0 radical (unpaired) electrons. The fourth-order valence-electron chi connectivity index (χ4n) is 3.03. The van der Waals surface area contributed by atoms with Crippen LogP contribution in [0.2, 0.25) is 5.02 Å². The Labute approximate surface area is 164 Å². The molecule has 1 aliphatic rings. The van der Waals surface area contributed by atoms with Crippen LogP contribution < -0.4 is 20.9 Å². The second-order valence-corrected chi connectivity index (χ2v) is 7.19. The molecule has 1 saturated carbocycles. The van der Waals surface area contributed by atoms with E-state index in [1.807, 2.05) is 13.8 Å². The minimum absolute atomic E-state index is 0.0131. The lowest BCUT2D eigenvalue weighted by molar-refractivity contribution is -0.131. The fourth-order valence-corrected chi connectivity index (χ4v) is 3.14. The van der Waals surface area contributed by atoms with E-state index in [9.17, 15) is 14.4 Å². The van der Waals surface area contributed by atoms with Gasteiger partial charge in [-0.1, -0.05) is 30.9 Å². The molecule has 0 saturated heterocycles. The van der Waals surface area contributed by atoms with Crippen molar-refractivity contribution in [1.29, 1.82) is 0 Å². The van der Waals surface area contributed by atoms with Crippen LogP contribution in [-0.2, 0) is 14.4 Å². The Balaban J connectivity index is 1.66. The van der Waals surface area contributed by atoms with E-state index >= 15 is 0 Å². The summed E-state index contributed by atoms with van der Waals surface area (Å²) in [5.41, 5.74) is 6.22. The number of carbonyl (C=O) groups excluding carboxylic acids is 3. The number of carbonyl (C=O) groups is 3. The Morgan fingerprint density at radius 2 is 1.63 bits per heavy atom. The second-order valence-electron chi connectivity index (χ2n) is 6.81. The molecule has 1 aromatic rings.